The van der Waals surface area contributed by atoms with Crippen LogP contribution in [-0.2, 0) is 0 Å². The molecule has 4 N–H and O–H groups in total. The molecule has 2 amide bonds. The van der Waals surface area contributed by atoms with Gasteiger partial charge in [0.2, 0.25) is 0 Å². The molecule has 0 aliphatic heterocycles. The standard InChI is InChI=1S/C18H21N3O3S2/c1-4-9-24-13-8-6-5-7-12(13)16(23)20-18(25)21-17-14(15(19)22)10(2)11(3)26-17/h5-8H,4,9H2,1-3H3,(H2,19,22)(H2,20,21,23,25). The fourth-order valence-corrected chi connectivity index (χ4v) is 3.64. The molecule has 0 aliphatic rings. The lowest BCUT2D eigenvalue weighted by atomic mass is 10.1. The molecular weight excluding hydrogens is 370 g/mol. The third kappa shape index (κ3) is 4.59. The molecule has 0 bridgehead atoms. The van der Waals surface area contributed by atoms with Gasteiger partial charge in [-0.2, -0.15) is 0 Å². The number of anilines is 1. The average molecular weight is 392 g/mol. The summed E-state index contributed by atoms with van der Waals surface area (Å²) in [5.41, 5.74) is 7.02. The molecule has 0 atom stereocenters. The Balaban J connectivity index is 2.13. The monoisotopic (exact) mass is 391 g/mol. The van der Waals surface area contributed by atoms with Crippen LogP contribution in [0.1, 0.15) is 44.5 Å². The number of aryl methyl sites for hydroxylation is 1. The van der Waals surface area contributed by atoms with E-state index in [4.69, 9.17) is 22.7 Å². The fourth-order valence-electron chi connectivity index (χ4n) is 2.31. The lowest BCUT2D eigenvalue weighted by Crippen LogP contribution is -2.34. The summed E-state index contributed by atoms with van der Waals surface area (Å²) in [5.74, 6) is -0.433. The van der Waals surface area contributed by atoms with E-state index >= 15 is 0 Å². The number of para-hydroxylation sites is 1. The number of carbonyl (C=O) groups excluding carboxylic acids is 2. The molecule has 0 radical (unpaired) electrons. The molecule has 8 heteroatoms. The van der Waals surface area contributed by atoms with Crippen LogP contribution >= 0.6 is 23.6 Å². The van der Waals surface area contributed by atoms with Crippen LogP contribution < -0.4 is 21.1 Å². The van der Waals surface area contributed by atoms with Gasteiger partial charge in [0.25, 0.3) is 11.8 Å². The number of primary amides is 1. The van der Waals surface area contributed by atoms with Crippen molar-refractivity contribution < 1.29 is 14.3 Å². The molecule has 2 rings (SSSR count). The molecule has 6 nitrogen and oxygen atoms in total. The Morgan fingerprint density at radius 1 is 1.27 bits per heavy atom. The number of rotatable bonds is 6. The number of thiophene rings is 1. The van der Waals surface area contributed by atoms with Gasteiger partial charge in [0.15, 0.2) is 5.11 Å². The van der Waals surface area contributed by atoms with Gasteiger partial charge in [-0.05, 0) is 50.2 Å². The first-order valence-electron chi connectivity index (χ1n) is 8.09. The molecule has 26 heavy (non-hydrogen) atoms. The Labute approximate surface area is 161 Å². The molecule has 0 aliphatic carbocycles. The van der Waals surface area contributed by atoms with Gasteiger partial charge in [-0.1, -0.05) is 19.1 Å². The highest BCUT2D eigenvalue weighted by Crippen LogP contribution is 2.32. The van der Waals surface area contributed by atoms with Crippen LogP contribution in [0.15, 0.2) is 24.3 Å². The highest BCUT2D eigenvalue weighted by molar-refractivity contribution is 7.80. The minimum absolute atomic E-state index is 0.0871. The van der Waals surface area contributed by atoms with Crippen LogP contribution in [0.4, 0.5) is 5.00 Å². The van der Waals surface area contributed by atoms with Gasteiger partial charge in [0.05, 0.1) is 17.7 Å². The second-order valence-electron chi connectivity index (χ2n) is 5.60. The van der Waals surface area contributed by atoms with E-state index in [0.29, 0.717) is 28.5 Å². The summed E-state index contributed by atoms with van der Waals surface area (Å²) in [6.45, 7) is 6.21. The number of thiocarbonyl (C=S) groups is 1. The number of nitrogens with one attached hydrogen (secondary N) is 2. The van der Waals surface area contributed by atoms with Crippen LogP contribution in [0.3, 0.4) is 0 Å². The number of ether oxygens (including phenoxy) is 1. The van der Waals surface area contributed by atoms with Crippen molar-refractivity contribution >= 4 is 45.5 Å². The van der Waals surface area contributed by atoms with Gasteiger partial charge in [0.1, 0.15) is 10.8 Å². The van der Waals surface area contributed by atoms with Crippen LogP contribution in [0, 0.1) is 13.8 Å². The molecule has 0 saturated heterocycles. The number of amides is 2. The number of carbonyl (C=O) groups is 2. The van der Waals surface area contributed by atoms with E-state index in [2.05, 4.69) is 10.6 Å². The van der Waals surface area contributed by atoms with Crippen molar-refractivity contribution in [2.24, 2.45) is 5.73 Å². The summed E-state index contributed by atoms with van der Waals surface area (Å²) in [6.07, 6.45) is 0.836. The highest BCUT2D eigenvalue weighted by atomic mass is 32.1. The summed E-state index contributed by atoms with van der Waals surface area (Å²) in [4.78, 5) is 25.1. The van der Waals surface area contributed by atoms with Crippen molar-refractivity contribution in [1.82, 2.24) is 5.32 Å². The van der Waals surface area contributed by atoms with Crippen molar-refractivity contribution in [3.8, 4) is 5.75 Å². The summed E-state index contributed by atoms with van der Waals surface area (Å²) < 4.78 is 5.59. The summed E-state index contributed by atoms with van der Waals surface area (Å²) >= 11 is 6.57. The average Bonchev–Trinajstić information content (AvgIpc) is 2.86. The molecule has 1 heterocycles. The second-order valence-corrected chi connectivity index (χ2v) is 7.24. The van der Waals surface area contributed by atoms with Gasteiger partial charge in [-0.15, -0.1) is 11.3 Å². The predicted molar refractivity (Wildman–Crippen MR) is 108 cm³/mol. The van der Waals surface area contributed by atoms with E-state index in [0.717, 1.165) is 16.9 Å². The quantitative estimate of drug-likeness (QED) is 0.657. The Morgan fingerprint density at radius 2 is 1.96 bits per heavy atom. The smallest absolute Gasteiger partial charge is 0.261 e. The molecular formula is C18H21N3O3S2. The lowest BCUT2D eigenvalue weighted by Gasteiger charge is -2.12. The van der Waals surface area contributed by atoms with E-state index in [1.165, 1.54) is 11.3 Å². The largest absolute Gasteiger partial charge is 0.493 e. The van der Waals surface area contributed by atoms with Gasteiger partial charge >= 0.3 is 0 Å². The number of hydrogen-bond acceptors (Lipinski definition) is 5. The third-order valence-corrected chi connectivity index (χ3v) is 5.01. The van der Waals surface area contributed by atoms with Crippen LogP contribution in [0.25, 0.3) is 0 Å². The third-order valence-electron chi connectivity index (χ3n) is 3.68. The number of nitrogens with two attached hydrogens (primary N) is 1. The van der Waals surface area contributed by atoms with Crippen molar-refractivity contribution in [1.29, 1.82) is 0 Å². The van der Waals surface area contributed by atoms with Crippen molar-refractivity contribution in [3.63, 3.8) is 0 Å². The molecule has 1 aromatic heterocycles. The molecule has 0 spiro atoms. The van der Waals surface area contributed by atoms with Crippen LogP contribution in [0.2, 0.25) is 0 Å². The van der Waals surface area contributed by atoms with E-state index < -0.39 is 5.91 Å². The summed E-state index contributed by atoms with van der Waals surface area (Å²) in [7, 11) is 0. The Hall–Kier alpha value is -2.45. The molecule has 0 saturated carbocycles. The van der Waals surface area contributed by atoms with Crippen LogP contribution in [-0.4, -0.2) is 23.5 Å². The molecule has 2 aromatic rings. The maximum Gasteiger partial charge on any atom is 0.261 e. The summed E-state index contributed by atoms with van der Waals surface area (Å²) in [6, 6.07) is 6.95. The zero-order valence-electron chi connectivity index (χ0n) is 14.8. The van der Waals surface area contributed by atoms with Crippen LogP contribution in [0.5, 0.6) is 5.75 Å². The Kier molecular flexibility index (Phi) is 6.70. The van der Waals surface area contributed by atoms with Gasteiger partial charge in [-0.25, -0.2) is 0 Å². The van der Waals surface area contributed by atoms with Gasteiger partial charge < -0.3 is 15.8 Å². The van der Waals surface area contributed by atoms with E-state index in [-0.39, 0.29) is 11.0 Å². The maximum atomic E-state index is 12.5. The normalized spacial score (nSPS) is 10.3. The van der Waals surface area contributed by atoms with E-state index in [1.54, 1.807) is 24.3 Å². The number of benzene rings is 1. The number of hydrogen-bond donors (Lipinski definition) is 3. The first-order chi connectivity index (χ1) is 12.3. The summed E-state index contributed by atoms with van der Waals surface area (Å²) in [5, 5.41) is 6.11. The Morgan fingerprint density at radius 3 is 2.62 bits per heavy atom. The Bertz CT molecular complexity index is 846. The lowest BCUT2D eigenvalue weighted by molar-refractivity contribution is 0.0971. The molecule has 0 fully saturated rings. The van der Waals surface area contributed by atoms with E-state index in [1.807, 2.05) is 20.8 Å². The first-order valence-corrected chi connectivity index (χ1v) is 9.31. The van der Waals surface area contributed by atoms with E-state index in [9.17, 15) is 9.59 Å². The topological polar surface area (TPSA) is 93.4 Å². The highest BCUT2D eigenvalue weighted by Gasteiger charge is 2.19. The van der Waals surface area contributed by atoms with Crippen molar-refractivity contribution in [2.75, 3.05) is 11.9 Å². The molecule has 138 valence electrons. The second kappa shape index (κ2) is 8.77. The van der Waals surface area contributed by atoms with Gasteiger partial charge in [-0.3, -0.25) is 14.9 Å². The molecule has 0 unspecified atom stereocenters. The van der Waals surface area contributed by atoms with Crippen molar-refractivity contribution in [3.05, 3.63) is 45.8 Å². The minimum atomic E-state index is -0.540. The fraction of sp³-hybridized carbons (Fsp3) is 0.278. The van der Waals surface area contributed by atoms with Gasteiger partial charge in [0, 0.05) is 4.88 Å². The zero-order valence-corrected chi connectivity index (χ0v) is 16.5. The first kappa shape index (κ1) is 19.9. The predicted octanol–water partition coefficient (Wildman–Crippen LogP) is 3.38. The maximum absolute atomic E-state index is 12.5. The minimum Gasteiger partial charge on any atom is -0.493 e. The SMILES string of the molecule is CCCOc1ccccc1C(=O)NC(=S)Nc1sc(C)c(C)c1C(N)=O. The molecule has 1 aromatic carbocycles. The zero-order chi connectivity index (χ0) is 19.3. The van der Waals surface area contributed by atoms with Crippen molar-refractivity contribution in [2.45, 2.75) is 27.2 Å².